The second-order valence-electron chi connectivity index (χ2n) is 8.31. The fourth-order valence-corrected chi connectivity index (χ4v) is 4.43. The molecule has 2 aromatic carbocycles. The standard InChI is InChI=1S/C27H29N3O3/c1-4-29(24-12-14-30(27(24)32)23-10-6-5-7-11-23)26(31)22-15-19(2)25(20(3)16-22)33-18-21-9-8-13-28-17-21/h5-11,13,15-17,24H,4,12,14,18H2,1-3H3. The van der Waals surface area contributed by atoms with Gasteiger partial charge in [0, 0.05) is 42.3 Å². The lowest BCUT2D eigenvalue weighted by Gasteiger charge is -2.27. The van der Waals surface area contributed by atoms with Gasteiger partial charge in [-0.3, -0.25) is 14.6 Å². The lowest BCUT2D eigenvalue weighted by Crippen LogP contribution is -2.45. The van der Waals surface area contributed by atoms with Crippen molar-refractivity contribution in [1.29, 1.82) is 0 Å². The van der Waals surface area contributed by atoms with Crippen LogP contribution in [0.3, 0.4) is 0 Å². The summed E-state index contributed by atoms with van der Waals surface area (Å²) in [5, 5.41) is 0. The first-order valence-electron chi connectivity index (χ1n) is 11.3. The zero-order valence-corrected chi connectivity index (χ0v) is 19.3. The molecule has 2 heterocycles. The Hall–Kier alpha value is -3.67. The Bertz CT molecular complexity index is 1110. The Morgan fingerprint density at radius 1 is 1.12 bits per heavy atom. The smallest absolute Gasteiger partial charge is 0.254 e. The Labute approximate surface area is 194 Å². The van der Waals surface area contributed by atoms with Gasteiger partial charge in [0.2, 0.25) is 5.91 Å². The molecule has 2 amide bonds. The molecule has 0 spiro atoms. The Morgan fingerprint density at radius 3 is 2.48 bits per heavy atom. The van der Waals surface area contributed by atoms with Crippen LogP contribution >= 0.6 is 0 Å². The van der Waals surface area contributed by atoms with Gasteiger partial charge in [-0.25, -0.2) is 0 Å². The molecular formula is C27H29N3O3. The third kappa shape index (κ3) is 4.75. The number of hydrogen-bond donors (Lipinski definition) is 0. The molecule has 1 saturated heterocycles. The third-order valence-corrected chi connectivity index (χ3v) is 6.04. The molecule has 1 aliphatic heterocycles. The number of nitrogens with zero attached hydrogens (tertiary/aromatic N) is 3. The molecular weight excluding hydrogens is 414 g/mol. The maximum atomic E-state index is 13.5. The van der Waals surface area contributed by atoms with E-state index in [4.69, 9.17) is 4.74 Å². The second kappa shape index (κ2) is 9.86. The lowest BCUT2D eigenvalue weighted by atomic mass is 10.0. The van der Waals surface area contributed by atoms with Crippen LogP contribution in [0.15, 0.2) is 67.0 Å². The van der Waals surface area contributed by atoms with Crippen LogP contribution in [0.25, 0.3) is 0 Å². The number of pyridine rings is 1. The Morgan fingerprint density at radius 2 is 1.85 bits per heavy atom. The van der Waals surface area contributed by atoms with Crippen molar-refractivity contribution < 1.29 is 14.3 Å². The lowest BCUT2D eigenvalue weighted by molar-refractivity contribution is -0.120. The van der Waals surface area contributed by atoms with Crippen LogP contribution in [0.5, 0.6) is 5.75 Å². The average Bonchev–Trinajstić information content (AvgIpc) is 3.21. The maximum absolute atomic E-state index is 13.5. The van der Waals surface area contributed by atoms with E-state index in [0.29, 0.717) is 31.7 Å². The molecule has 1 fully saturated rings. The first-order valence-corrected chi connectivity index (χ1v) is 11.3. The van der Waals surface area contributed by atoms with Gasteiger partial charge in [0.05, 0.1) is 0 Å². The molecule has 6 nitrogen and oxygen atoms in total. The number of aryl methyl sites for hydroxylation is 2. The van der Waals surface area contributed by atoms with Crippen molar-refractivity contribution >= 4 is 17.5 Å². The van der Waals surface area contributed by atoms with Crippen molar-refractivity contribution in [3.05, 3.63) is 89.2 Å². The summed E-state index contributed by atoms with van der Waals surface area (Å²) >= 11 is 0. The number of para-hydroxylation sites is 1. The molecule has 0 bridgehead atoms. The van der Waals surface area contributed by atoms with Gasteiger partial charge in [0.25, 0.3) is 5.91 Å². The molecule has 0 radical (unpaired) electrons. The molecule has 4 rings (SSSR count). The minimum absolute atomic E-state index is 0.0266. The summed E-state index contributed by atoms with van der Waals surface area (Å²) in [6, 6.07) is 16.7. The molecule has 170 valence electrons. The quantitative estimate of drug-likeness (QED) is 0.538. The highest BCUT2D eigenvalue weighted by Gasteiger charge is 2.38. The van der Waals surface area contributed by atoms with Gasteiger partial charge in [-0.1, -0.05) is 24.3 Å². The fraction of sp³-hybridized carbons (Fsp3) is 0.296. The highest BCUT2D eigenvalue weighted by molar-refractivity contribution is 6.04. The Kier molecular flexibility index (Phi) is 6.73. The third-order valence-electron chi connectivity index (χ3n) is 6.04. The molecule has 1 atom stereocenters. The van der Waals surface area contributed by atoms with E-state index in [-0.39, 0.29) is 11.8 Å². The molecule has 3 aromatic rings. The zero-order valence-electron chi connectivity index (χ0n) is 19.3. The van der Waals surface area contributed by atoms with Crippen LogP contribution in [-0.4, -0.2) is 40.8 Å². The summed E-state index contributed by atoms with van der Waals surface area (Å²) < 4.78 is 6.03. The topological polar surface area (TPSA) is 62.7 Å². The van der Waals surface area contributed by atoms with Crippen molar-refractivity contribution in [3.63, 3.8) is 0 Å². The molecule has 0 aliphatic carbocycles. The minimum Gasteiger partial charge on any atom is -0.488 e. The van der Waals surface area contributed by atoms with Crippen LogP contribution in [0.1, 0.15) is 40.4 Å². The fourth-order valence-electron chi connectivity index (χ4n) is 4.43. The first kappa shape index (κ1) is 22.5. The predicted octanol–water partition coefficient (Wildman–Crippen LogP) is 4.55. The second-order valence-corrected chi connectivity index (χ2v) is 8.31. The molecule has 1 aromatic heterocycles. The zero-order chi connectivity index (χ0) is 23.4. The summed E-state index contributed by atoms with van der Waals surface area (Å²) in [6.07, 6.45) is 4.13. The van der Waals surface area contributed by atoms with Gasteiger partial charge in [0.15, 0.2) is 0 Å². The number of carbonyl (C=O) groups is 2. The SMILES string of the molecule is CCN(C(=O)c1cc(C)c(OCc2cccnc2)c(C)c1)C1CCN(c2ccccc2)C1=O. The molecule has 1 aliphatic rings. The number of hydrogen-bond acceptors (Lipinski definition) is 4. The van der Waals surface area contributed by atoms with Gasteiger partial charge < -0.3 is 14.5 Å². The molecule has 33 heavy (non-hydrogen) atoms. The summed E-state index contributed by atoms with van der Waals surface area (Å²) in [5.41, 5.74) is 4.21. The largest absolute Gasteiger partial charge is 0.488 e. The first-order chi connectivity index (χ1) is 16.0. The van der Waals surface area contributed by atoms with E-state index < -0.39 is 6.04 Å². The van der Waals surface area contributed by atoms with E-state index >= 15 is 0 Å². The van der Waals surface area contributed by atoms with E-state index in [0.717, 1.165) is 28.1 Å². The number of anilines is 1. The number of rotatable bonds is 7. The Balaban J connectivity index is 1.51. The minimum atomic E-state index is -0.454. The van der Waals surface area contributed by atoms with Crippen molar-refractivity contribution in [2.45, 2.75) is 39.8 Å². The van der Waals surface area contributed by atoms with E-state index in [9.17, 15) is 9.59 Å². The molecule has 1 unspecified atom stereocenters. The van der Waals surface area contributed by atoms with E-state index in [2.05, 4.69) is 4.98 Å². The normalized spacial score (nSPS) is 15.5. The van der Waals surface area contributed by atoms with Gasteiger partial charge >= 0.3 is 0 Å². The van der Waals surface area contributed by atoms with Gasteiger partial charge in [-0.2, -0.15) is 0 Å². The number of ether oxygens (including phenoxy) is 1. The highest BCUT2D eigenvalue weighted by Crippen LogP contribution is 2.29. The van der Waals surface area contributed by atoms with Crippen molar-refractivity contribution in [2.24, 2.45) is 0 Å². The van der Waals surface area contributed by atoms with Crippen LogP contribution < -0.4 is 9.64 Å². The molecule has 6 heteroatoms. The number of likely N-dealkylation sites (N-methyl/N-ethyl adjacent to an activating group) is 1. The highest BCUT2D eigenvalue weighted by atomic mass is 16.5. The van der Waals surface area contributed by atoms with Gasteiger partial charge in [-0.05, 0) is 68.7 Å². The van der Waals surface area contributed by atoms with E-state index in [1.165, 1.54) is 0 Å². The summed E-state index contributed by atoms with van der Waals surface area (Å²) in [5.74, 6) is 0.614. The van der Waals surface area contributed by atoms with E-state index in [1.54, 1.807) is 22.2 Å². The predicted molar refractivity (Wildman–Crippen MR) is 128 cm³/mol. The number of aromatic nitrogens is 1. The van der Waals surface area contributed by atoms with Crippen LogP contribution in [0, 0.1) is 13.8 Å². The average molecular weight is 444 g/mol. The molecule has 0 saturated carbocycles. The van der Waals surface area contributed by atoms with Gasteiger partial charge in [0.1, 0.15) is 18.4 Å². The summed E-state index contributed by atoms with van der Waals surface area (Å²) in [6.45, 7) is 7.29. The van der Waals surface area contributed by atoms with Crippen LogP contribution in [0.4, 0.5) is 5.69 Å². The number of carbonyl (C=O) groups excluding carboxylic acids is 2. The maximum Gasteiger partial charge on any atom is 0.254 e. The van der Waals surface area contributed by atoms with Gasteiger partial charge in [-0.15, -0.1) is 0 Å². The van der Waals surface area contributed by atoms with Crippen molar-refractivity contribution in [2.75, 3.05) is 18.0 Å². The summed E-state index contributed by atoms with van der Waals surface area (Å²) in [4.78, 5) is 34.2. The number of amides is 2. The van der Waals surface area contributed by atoms with E-state index in [1.807, 2.05) is 75.4 Å². The summed E-state index contributed by atoms with van der Waals surface area (Å²) in [7, 11) is 0. The van der Waals surface area contributed by atoms with Crippen LogP contribution in [-0.2, 0) is 11.4 Å². The monoisotopic (exact) mass is 443 g/mol. The number of benzene rings is 2. The van der Waals surface area contributed by atoms with Crippen molar-refractivity contribution in [3.8, 4) is 5.75 Å². The van der Waals surface area contributed by atoms with Crippen molar-refractivity contribution in [1.82, 2.24) is 9.88 Å². The molecule has 0 N–H and O–H groups in total. The van der Waals surface area contributed by atoms with Crippen LogP contribution in [0.2, 0.25) is 0 Å².